The first-order chi connectivity index (χ1) is 9.58. The predicted molar refractivity (Wildman–Crippen MR) is 76.4 cm³/mol. The molecule has 1 N–H and O–H groups in total. The number of rotatable bonds is 2. The van der Waals surface area contributed by atoms with Crippen LogP contribution in [0.25, 0.3) is 11.0 Å². The van der Waals surface area contributed by atoms with Gasteiger partial charge in [-0.2, -0.15) is 0 Å². The minimum Gasteiger partial charge on any atom is -0.461 e. The summed E-state index contributed by atoms with van der Waals surface area (Å²) in [7, 11) is 0. The van der Waals surface area contributed by atoms with Crippen molar-refractivity contribution in [2.75, 3.05) is 0 Å². The SMILES string of the molecule is Cc1oc2ccccc2c1C(O)c1ccc(Cl)cc1F. The number of hydrogen-bond donors (Lipinski definition) is 1. The first-order valence-electron chi connectivity index (χ1n) is 6.19. The van der Waals surface area contributed by atoms with Crippen LogP contribution in [0.15, 0.2) is 46.9 Å². The maximum atomic E-state index is 13.9. The molecule has 3 rings (SSSR count). The number of hydrogen-bond acceptors (Lipinski definition) is 2. The Hall–Kier alpha value is -1.84. The Bertz CT molecular complexity index is 779. The second kappa shape index (κ2) is 4.93. The van der Waals surface area contributed by atoms with Crippen molar-refractivity contribution in [2.45, 2.75) is 13.0 Å². The summed E-state index contributed by atoms with van der Waals surface area (Å²) in [5, 5.41) is 11.6. The summed E-state index contributed by atoms with van der Waals surface area (Å²) in [6.07, 6.45) is -1.09. The van der Waals surface area contributed by atoms with Crippen molar-refractivity contribution < 1.29 is 13.9 Å². The normalized spacial score (nSPS) is 12.8. The van der Waals surface area contributed by atoms with Gasteiger partial charge in [0, 0.05) is 21.5 Å². The van der Waals surface area contributed by atoms with Crippen molar-refractivity contribution in [2.24, 2.45) is 0 Å². The molecule has 20 heavy (non-hydrogen) atoms. The summed E-state index contributed by atoms with van der Waals surface area (Å²) < 4.78 is 19.5. The molecule has 1 heterocycles. The van der Waals surface area contributed by atoms with Crippen molar-refractivity contribution in [3.05, 3.63) is 70.2 Å². The second-order valence-corrected chi connectivity index (χ2v) is 5.07. The number of halogens is 2. The van der Waals surface area contributed by atoms with Crippen LogP contribution in [0.4, 0.5) is 4.39 Å². The van der Waals surface area contributed by atoms with Crippen LogP contribution in [0.2, 0.25) is 5.02 Å². The van der Waals surface area contributed by atoms with Gasteiger partial charge in [-0.3, -0.25) is 0 Å². The van der Waals surface area contributed by atoms with E-state index in [0.29, 0.717) is 21.9 Å². The van der Waals surface area contributed by atoms with E-state index in [2.05, 4.69) is 0 Å². The number of fused-ring (bicyclic) bond motifs is 1. The lowest BCUT2D eigenvalue weighted by atomic mass is 9.98. The van der Waals surface area contributed by atoms with Crippen LogP contribution in [0.1, 0.15) is 23.0 Å². The first kappa shape index (κ1) is 13.2. The van der Waals surface area contributed by atoms with Crippen LogP contribution >= 0.6 is 11.6 Å². The Morgan fingerprint density at radius 3 is 2.70 bits per heavy atom. The van der Waals surface area contributed by atoms with E-state index in [4.69, 9.17) is 16.0 Å². The van der Waals surface area contributed by atoms with Crippen molar-refractivity contribution >= 4 is 22.6 Å². The molecule has 0 aliphatic heterocycles. The van der Waals surface area contributed by atoms with Gasteiger partial charge < -0.3 is 9.52 Å². The number of para-hydroxylation sites is 1. The summed E-state index contributed by atoms with van der Waals surface area (Å²) in [6, 6.07) is 11.6. The fourth-order valence-corrected chi connectivity index (χ4v) is 2.57. The smallest absolute Gasteiger partial charge is 0.134 e. The second-order valence-electron chi connectivity index (χ2n) is 4.64. The fraction of sp³-hybridized carbons (Fsp3) is 0.125. The van der Waals surface area contributed by atoms with Crippen molar-refractivity contribution in [3.63, 3.8) is 0 Å². The Balaban J connectivity index is 2.17. The molecule has 0 fully saturated rings. The lowest BCUT2D eigenvalue weighted by molar-refractivity contribution is 0.214. The molecular weight excluding hydrogens is 279 g/mol. The lowest BCUT2D eigenvalue weighted by Crippen LogP contribution is -2.03. The van der Waals surface area contributed by atoms with Crippen LogP contribution in [-0.4, -0.2) is 5.11 Å². The van der Waals surface area contributed by atoms with Gasteiger partial charge in [0.2, 0.25) is 0 Å². The minimum absolute atomic E-state index is 0.184. The van der Waals surface area contributed by atoms with Crippen molar-refractivity contribution in [1.82, 2.24) is 0 Å². The summed E-state index contributed by atoms with van der Waals surface area (Å²) in [6.45, 7) is 1.76. The molecule has 102 valence electrons. The maximum Gasteiger partial charge on any atom is 0.134 e. The third-order valence-corrected chi connectivity index (χ3v) is 3.59. The molecule has 3 aromatic rings. The van der Waals surface area contributed by atoms with Gasteiger partial charge in [0.25, 0.3) is 0 Å². The molecule has 0 bridgehead atoms. The summed E-state index contributed by atoms with van der Waals surface area (Å²) in [5.41, 5.74) is 1.44. The van der Waals surface area contributed by atoms with Gasteiger partial charge in [-0.05, 0) is 25.1 Å². The highest BCUT2D eigenvalue weighted by atomic mass is 35.5. The average molecular weight is 291 g/mol. The van der Waals surface area contributed by atoms with Gasteiger partial charge in [-0.15, -0.1) is 0 Å². The quantitative estimate of drug-likeness (QED) is 0.747. The summed E-state index contributed by atoms with van der Waals surface area (Å²) in [5.74, 6) is 0.0442. The van der Waals surface area contributed by atoms with Crippen molar-refractivity contribution in [1.29, 1.82) is 0 Å². The highest BCUT2D eigenvalue weighted by Gasteiger charge is 2.22. The van der Waals surface area contributed by atoms with E-state index in [1.54, 1.807) is 13.0 Å². The molecule has 0 radical (unpaired) electrons. The largest absolute Gasteiger partial charge is 0.461 e. The number of aliphatic hydroxyl groups is 1. The Morgan fingerprint density at radius 2 is 1.95 bits per heavy atom. The molecule has 2 nitrogen and oxygen atoms in total. The van der Waals surface area contributed by atoms with E-state index in [1.807, 2.05) is 24.3 Å². The maximum absolute atomic E-state index is 13.9. The van der Waals surface area contributed by atoms with Crippen molar-refractivity contribution in [3.8, 4) is 0 Å². The molecule has 0 amide bonds. The highest BCUT2D eigenvalue weighted by Crippen LogP contribution is 2.35. The third kappa shape index (κ3) is 2.09. The van der Waals surface area contributed by atoms with E-state index < -0.39 is 11.9 Å². The number of furan rings is 1. The van der Waals surface area contributed by atoms with Gasteiger partial charge >= 0.3 is 0 Å². The molecule has 1 atom stereocenters. The zero-order valence-corrected chi connectivity index (χ0v) is 11.5. The molecule has 0 aliphatic carbocycles. The molecular formula is C16H12ClFO2. The molecule has 4 heteroatoms. The van der Waals surface area contributed by atoms with Crippen LogP contribution in [0, 0.1) is 12.7 Å². The number of aliphatic hydroxyl groups excluding tert-OH is 1. The van der Waals surface area contributed by atoms with Gasteiger partial charge in [0.1, 0.15) is 23.3 Å². The number of aryl methyl sites for hydroxylation is 1. The van der Waals surface area contributed by atoms with Gasteiger partial charge in [0.15, 0.2) is 0 Å². The van der Waals surface area contributed by atoms with E-state index in [9.17, 15) is 9.50 Å². The summed E-state index contributed by atoms with van der Waals surface area (Å²) in [4.78, 5) is 0. The van der Waals surface area contributed by atoms with E-state index >= 15 is 0 Å². The zero-order valence-electron chi connectivity index (χ0n) is 10.7. The van der Waals surface area contributed by atoms with E-state index in [1.165, 1.54) is 12.1 Å². The highest BCUT2D eigenvalue weighted by molar-refractivity contribution is 6.30. The fourth-order valence-electron chi connectivity index (χ4n) is 2.41. The molecule has 0 saturated carbocycles. The standard InChI is InChI=1S/C16H12ClFO2/c1-9-15(12-4-2-3-5-14(12)20-9)16(19)11-7-6-10(17)8-13(11)18/h2-8,16,19H,1H3. The van der Waals surface area contributed by atoms with Crippen LogP contribution in [0.3, 0.4) is 0 Å². The zero-order chi connectivity index (χ0) is 14.3. The Labute approximate surface area is 120 Å². The average Bonchev–Trinajstić information content (AvgIpc) is 2.73. The van der Waals surface area contributed by atoms with Gasteiger partial charge in [-0.25, -0.2) is 4.39 Å². The Kier molecular flexibility index (Phi) is 3.24. The molecule has 0 saturated heterocycles. The Morgan fingerprint density at radius 1 is 1.20 bits per heavy atom. The predicted octanol–water partition coefficient (Wildman–Crippen LogP) is 4.62. The molecule has 0 spiro atoms. The summed E-state index contributed by atoms with van der Waals surface area (Å²) >= 11 is 5.73. The molecule has 1 unspecified atom stereocenters. The van der Waals surface area contributed by atoms with Gasteiger partial charge in [0.05, 0.1) is 0 Å². The minimum atomic E-state index is -1.09. The van der Waals surface area contributed by atoms with Crippen LogP contribution < -0.4 is 0 Å². The van der Waals surface area contributed by atoms with Gasteiger partial charge in [-0.1, -0.05) is 35.9 Å². The number of benzene rings is 2. The lowest BCUT2D eigenvalue weighted by Gasteiger charge is -2.12. The molecule has 0 aliphatic rings. The topological polar surface area (TPSA) is 33.4 Å². The van der Waals surface area contributed by atoms with Crippen LogP contribution in [-0.2, 0) is 0 Å². The molecule has 2 aromatic carbocycles. The van der Waals surface area contributed by atoms with E-state index in [0.717, 1.165) is 5.39 Å². The monoisotopic (exact) mass is 290 g/mol. The molecule has 1 aromatic heterocycles. The third-order valence-electron chi connectivity index (χ3n) is 3.35. The van der Waals surface area contributed by atoms with Crippen LogP contribution in [0.5, 0.6) is 0 Å². The van der Waals surface area contributed by atoms with E-state index in [-0.39, 0.29) is 5.56 Å². The first-order valence-corrected chi connectivity index (χ1v) is 6.57.